The minimum absolute atomic E-state index is 0. The van der Waals surface area contributed by atoms with E-state index >= 15 is 0 Å². The molecule has 0 saturated carbocycles. The monoisotopic (exact) mass is 134 g/mol. The molecule has 0 aromatic rings. The van der Waals surface area contributed by atoms with Crippen molar-refractivity contribution < 1.29 is 4.79 Å². The van der Waals surface area contributed by atoms with E-state index < -0.39 is 0 Å². The molecule has 1 heteroatoms. The van der Waals surface area contributed by atoms with E-state index in [1.54, 1.807) is 0 Å². The van der Waals surface area contributed by atoms with Crippen LogP contribution in [0.5, 0.6) is 0 Å². The number of hydrogen-bond donors (Lipinski definition) is 0. The lowest BCUT2D eigenvalue weighted by atomic mass is 10.6. The maximum absolute atomic E-state index is 9.44. The van der Waals surface area contributed by atoms with Gasteiger partial charge in [-0.25, -0.2) is 0 Å². The van der Waals surface area contributed by atoms with Gasteiger partial charge in [0.05, 0.1) is 0 Å². The summed E-state index contributed by atoms with van der Waals surface area (Å²) in [7, 11) is 0. The molecule has 0 heterocycles. The van der Waals surface area contributed by atoms with Crippen LogP contribution in [0.2, 0.25) is 0 Å². The number of rotatable bonds is 0. The van der Waals surface area contributed by atoms with Gasteiger partial charge < -0.3 is 4.79 Å². The third-order valence-electron chi connectivity index (χ3n) is 0. The smallest absolute Gasteiger partial charge is 0.126 e. The lowest BCUT2D eigenvalue weighted by Gasteiger charge is -1.56. The first kappa shape index (κ1) is 23.4. The average molecular weight is 134 g/mol. The summed E-state index contributed by atoms with van der Waals surface area (Å²) in [5.74, 6) is 0.167. The van der Waals surface area contributed by atoms with Crippen molar-refractivity contribution in [3.8, 4) is 0 Å². The molecule has 0 aliphatic heterocycles. The topological polar surface area (TPSA) is 17.1 Å². The Morgan fingerprint density at radius 3 is 0.889 bits per heavy atom. The number of carbonyl (C=O) groups excluding carboxylic acids is 1. The zero-order chi connectivity index (χ0) is 7.58. The van der Waals surface area contributed by atoms with Gasteiger partial charge in [0.1, 0.15) is 5.78 Å². The summed E-state index contributed by atoms with van der Waals surface area (Å²) >= 11 is 0. The fraction of sp³-hybridized carbons (Fsp3) is 0.875. The van der Waals surface area contributed by atoms with Crippen LogP contribution in [0, 0.1) is 0 Å². The van der Waals surface area contributed by atoms with Gasteiger partial charge in [0.2, 0.25) is 0 Å². The highest BCUT2D eigenvalue weighted by molar-refractivity contribution is 5.72. The molecule has 0 atom stereocenters. The molecule has 0 unspecified atom stereocenters. The van der Waals surface area contributed by atoms with Crippen LogP contribution in [0.25, 0.3) is 0 Å². The Hall–Kier alpha value is -0.330. The Balaban J connectivity index is -0.0000000221. The Labute approximate surface area is 60.5 Å². The van der Waals surface area contributed by atoms with Gasteiger partial charge in [0.15, 0.2) is 0 Å². The van der Waals surface area contributed by atoms with E-state index in [4.69, 9.17) is 0 Å². The maximum atomic E-state index is 9.44. The Morgan fingerprint density at radius 2 is 0.889 bits per heavy atom. The molecule has 0 fully saturated rings. The predicted octanol–water partition coefficient (Wildman–Crippen LogP) is 3.28. The normalized spacial score (nSPS) is 4.22. The summed E-state index contributed by atoms with van der Waals surface area (Å²) in [4.78, 5) is 9.44. The van der Waals surface area contributed by atoms with Gasteiger partial charge in [-0.3, -0.25) is 0 Å². The van der Waals surface area contributed by atoms with Crippen molar-refractivity contribution >= 4 is 5.78 Å². The zero-order valence-corrected chi connectivity index (χ0v) is 6.91. The largest absolute Gasteiger partial charge is 0.300 e. The van der Waals surface area contributed by atoms with E-state index in [0.29, 0.717) is 0 Å². The van der Waals surface area contributed by atoms with E-state index in [2.05, 4.69) is 0 Å². The number of carbonyl (C=O) groups is 1. The molecule has 0 N–H and O–H groups in total. The number of ketones is 1. The molecular formula is C8H22O. The molecule has 0 amide bonds. The summed E-state index contributed by atoms with van der Waals surface area (Å²) in [6.45, 7) is 11.1. The molecule has 9 heavy (non-hydrogen) atoms. The lowest BCUT2D eigenvalue weighted by Crippen LogP contribution is -1.69. The van der Waals surface area contributed by atoms with Gasteiger partial charge in [-0.15, -0.1) is 0 Å². The number of hydrogen-bond acceptors (Lipinski definition) is 1. The Morgan fingerprint density at radius 1 is 0.889 bits per heavy atom. The minimum Gasteiger partial charge on any atom is -0.300 e. The van der Waals surface area contributed by atoms with Crippen LogP contribution < -0.4 is 0 Å². The van der Waals surface area contributed by atoms with Gasteiger partial charge in [-0.2, -0.15) is 0 Å². The van der Waals surface area contributed by atoms with Crippen molar-refractivity contribution in [2.45, 2.75) is 49.0 Å². The van der Waals surface area contributed by atoms with E-state index in [1.165, 1.54) is 13.8 Å². The second-order valence-corrected chi connectivity index (χ2v) is 0.908. The van der Waals surface area contributed by atoms with Crippen LogP contribution >= 0.6 is 0 Å². The summed E-state index contributed by atoms with van der Waals surface area (Å²) in [6, 6.07) is 0. The Kier molecular flexibility index (Phi) is 124. The highest BCUT2D eigenvalue weighted by Crippen LogP contribution is 1.50. The number of Topliss-reactive ketones (excluding diaryl/α,β-unsaturated/α-hetero) is 1. The predicted molar refractivity (Wildman–Crippen MR) is 45.8 cm³/mol. The molecule has 60 valence electrons. The molecule has 0 radical (unpaired) electrons. The molecule has 1 nitrogen and oxygen atoms in total. The van der Waals surface area contributed by atoms with Crippen molar-refractivity contribution in [3.05, 3.63) is 0 Å². The second-order valence-electron chi connectivity index (χ2n) is 0.908. The average Bonchev–Trinajstić information content (AvgIpc) is 1.75. The molecule has 0 spiro atoms. The molecule has 0 aromatic heterocycles. The molecule has 0 bridgehead atoms. The van der Waals surface area contributed by atoms with E-state index in [1.807, 2.05) is 27.7 Å². The summed E-state index contributed by atoms with van der Waals surface area (Å²) in [5, 5.41) is 0. The fourth-order valence-corrected chi connectivity index (χ4v) is 0. The Bertz CT molecular complexity index is 27.5. The second kappa shape index (κ2) is 47.9. The molecular weight excluding hydrogens is 112 g/mol. The van der Waals surface area contributed by atoms with Crippen LogP contribution in [-0.4, -0.2) is 5.78 Å². The quantitative estimate of drug-likeness (QED) is 0.497. The summed E-state index contributed by atoms with van der Waals surface area (Å²) in [6.07, 6.45) is 0. The first-order valence-corrected chi connectivity index (χ1v) is 3.20. The maximum Gasteiger partial charge on any atom is 0.126 e. The van der Waals surface area contributed by atoms with Crippen LogP contribution in [0.3, 0.4) is 0 Å². The third-order valence-corrected chi connectivity index (χ3v) is 0. The lowest BCUT2D eigenvalue weighted by molar-refractivity contribution is -0.114. The molecule has 0 aliphatic carbocycles. The first-order chi connectivity index (χ1) is 3.73. The van der Waals surface area contributed by atoms with Gasteiger partial charge in [0.25, 0.3) is 0 Å². The van der Waals surface area contributed by atoms with Crippen molar-refractivity contribution in [3.63, 3.8) is 0 Å². The van der Waals surface area contributed by atoms with E-state index in [9.17, 15) is 4.79 Å². The fourth-order valence-electron chi connectivity index (χ4n) is 0. The standard InChI is InChI=1S/C3H6O.2C2H6.CH4/c1-3(2)4;2*1-2;/h1-2H3;2*1-2H3;1H4. The van der Waals surface area contributed by atoms with Gasteiger partial charge in [-0.1, -0.05) is 35.1 Å². The van der Waals surface area contributed by atoms with Crippen LogP contribution in [0.15, 0.2) is 0 Å². The molecule has 0 aliphatic rings. The van der Waals surface area contributed by atoms with Crippen molar-refractivity contribution in [1.82, 2.24) is 0 Å². The van der Waals surface area contributed by atoms with E-state index in [0.717, 1.165) is 0 Å². The third kappa shape index (κ3) is 2260. The van der Waals surface area contributed by atoms with Crippen molar-refractivity contribution in [1.29, 1.82) is 0 Å². The van der Waals surface area contributed by atoms with Crippen LogP contribution in [0.1, 0.15) is 49.0 Å². The molecule has 0 rings (SSSR count). The summed E-state index contributed by atoms with van der Waals surface area (Å²) in [5.41, 5.74) is 0. The van der Waals surface area contributed by atoms with Gasteiger partial charge in [0, 0.05) is 0 Å². The first-order valence-electron chi connectivity index (χ1n) is 3.20. The SMILES string of the molecule is C.CC.CC.CC(C)=O. The van der Waals surface area contributed by atoms with Gasteiger partial charge in [-0.05, 0) is 13.8 Å². The van der Waals surface area contributed by atoms with Crippen molar-refractivity contribution in [2.24, 2.45) is 0 Å². The zero-order valence-electron chi connectivity index (χ0n) is 6.91. The van der Waals surface area contributed by atoms with E-state index in [-0.39, 0.29) is 13.2 Å². The van der Waals surface area contributed by atoms with Crippen molar-refractivity contribution in [2.75, 3.05) is 0 Å². The molecule has 0 aromatic carbocycles. The highest BCUT2D eigenvalue weighted by Gasteiger charge is 1.62. The highest BCUT2D eigenvalue weighted by atomic mass is 16.1. The summed E-state index contributed by atoms with van der Waals surface area (Å²) < 4.78 is 0. The van der Waals surface area contributed by atoms with Gasteiger partial charge >= 0.3 is 0 Å². The van der Waals surface area contributed by atoms with Crippen LogP contribution in [0.4, 0.5) is 0 Å². The van der Waals surface area contributed by atoms with Crippen LogP contribution in [-0.2, 0) is 4.79 Å². The minimum atomic E-state index is 0. The molecule has 0 saturated heterocycles.